The maximum Gasteiger partial charge on any atom is 0.433 e. The van der Waals surface area contributed by atoms with E-state index < -0.39 is 11.9 Å². The topological polar surface area (TPSA) is 32.3 Å². The number of aromatic nitrogens is 2. The standard InChI is InChI=1S/C19H21F3N4/c1-12-5-3-4-6-14(12)18-15-10-26(9-13(15)8-25(18)2)17-7-16(19(20,21)22)23-11-24-17/h3-7,11,13,15,18H,8-10H2,1-2H3/t13-,15+,18-/m0/s1. The molecule has 4 rings (SSSR count). The summed E-state index contributed by atoms with van der Waals surface area (Å²) in [6, 6.07) is 9.71. The summed E-state index contributed by atoms with van der Waals surface area (Å²) < 4.78 is 38.8. The third kappa shape index (κ3) is 2.94. The van der Waals surface area contributed by atoms with E-state index in [-0.39, 0.29) is 6.04 Å². The van der Waals surface area contributed by atoms with Gasteiger partial charge < -0.3 is 4.90 Å². The van der Waals surface area contributed by atoms with Crippen LogP contribution >= 0.6 is 0 Å². The molecular weight excluding hydrogens is 341 g/mol. The molecule has 2 saturated heterocycles. The van der Waals surface area contributed by atoms with Gasteiger partial charge in [-0.3, -0.25) is 4.90 Å². The number of halogens is 3. The van der Waals surface area contributed by atoms with Crippen molar-refractivity contribution in [3.63, 3.8) is 0 Å². The Bertz CT molecular complexity index is 807. The van der Waals surface area contributed by atoms with Gasteiger partial charge in [0.15, 0.2) is 0 Å². The van der Waals surface area contributed by atoms with Crippen LogP contribution in [0.4, 0.5) is 19.0 Å². The molecule has 1 aromatic carbocycles. The molecule has 0 amide bonds. The Labute approximate surface area is 150 Å². The average Bonchev–Trinajstić information content (AvgIpc) is 3.12. The molecule has 0 N–H and O–H groups in total. The average molecular weight is 362 g/mol. The lowest BCUT2D eigenvalue weighted by atomic mass is 9.88. The van der Waals surface area contributed by atoms with E-state index >= 15 is 0 Å². The SMILES string of the molecule is Cc1ccccc1[C@H]1[C@@H]2CN(c3cc(C(F)(F)F)ncn3)C[C@@H]2CN1C. The summed E-state index contributed by atoms with van der Waals surface area (Å²) in [6.45, 7) is 4.49. The smallest absolute Gasteiger partial charge is 0.356 e. The Kier molecular flexibility index (Phi) is 4.14. The first kappa shape index (κ1) is 17.3. The molecule has 0 spiro atoms. The van der Waals surface area contributed by atoms with Crippen molar-refractivity contribution in [3.05, 3.63) is 53.5 Å². The maximum atomic E-state index is 12.9. The molecule has 2 aromatic rings. The van der Waals surface area contributed by atoms with Crippen molar-refractivity contribution in [1.82, 2.24) is 14.9 Å². The zero-order chi connectivity index (χ0) is 18.5. The number of fused-ring (bicyclic) bond motifs is 1. The Morgan fingerprint density at radius 2 is 1.85 bits per heavy atom. The molecule has 0 saturated carbocycles. The number of hydrogen-bond acceptors (Lipinski definition) is 4. The number of rotatable bonds is 2. The van der Waals surface area contributed by atoms with Gasteiger partial charge in [-0.15, -0.1) is 0 Å². The maximum absolute atomic E-state index is 12.9. The van der Waals surface area contributed by atoms with E-state index in [0.717, 1.165) is 25.5 Å². The van der Waals surface area contributed by atoms with Crippen molar-refractivity contribution in [2.45, 2.75) is 19.1 Å². The second kappa shape index (κ2) is 6.23. The predicted molar refractivity (Wildman–Crippen MR) is 92.8 cm³/mol. The third-order valence-electron chi connectivity index (χ3n) is 5.67. The minimum absolute atomic E-state index is 0.287. The second-order valence-corrected chi connectivity index (χ2v) is 7.33. The normalized spacial score (nSPS) is 26.3. The number of nitrogens with zero attached hydrogens (tertiary/aromatic N) is 4. The summed E-state index contributed by atoms with van der Waals surface area (Å²) in [7, 11) is 2.13. The van der Waals surface area contributed by atoms with E-state index in [0.29, 0.717) is 24.2 Å². The molecular formula is C19H21F3N4. The van der Waals surface area contributed by atoms with E-state index in [2.05, 4.69) is 47.0 Å². The first-order valence-electron chi connectivity index (χ1n) is 8.74. The van der Waals surface area contributed by atoms with Gasteiger partial charge in [0, 0.05) is 37.7 Å². The van der Waals surface area contributed by atoms with Crippen molar-refractivity contribution in [2.75, 3.05) is 31.6 Å². The Balaban J connectivity index is 1.60. The fraction of sp³-hybridized carbons (Fsp3) is 0.474. The fourth-order valence-corrected chi connectivity index (χ4v) is 4.51. The molecule has 2 aliphatic heterocycles. The van der Waals surface area contributed by atoms with Gasteiger partial charge in [0.25, 0.3) is 0 Å². The molecule has 0 bridgehead atoms. The predicted octanol–water partition coefficient (Wildman–Crippen LogP) is 3.54. The van der Waals surface area contributed by atoms with Crippen LogP contribution in [-0.2, 0) is 6.18 Å². The number of hydrogen-bond donors (Lipinski definition) is 0. The minimum atomic E-state index is -4.45. The Morgan fingerprint density at radius 1 is 1.08 bits per heavy atom. The molecule has 2 aliphatic rings. The van der Waals surface area contributed by atoms with Crippen LogP contribution in [0.5, 0.6) is 0 Å². The highest BCUT2D eigenvalue weighted by molar-refractivity contribution is 5.43. The van der Waals surface area contributed by atoms with Gasteiger partial charge in [-0.2, -0.15) is 13.2 Å². The van der Waals surface area contributed by atoms with Gasteiger partial charge in [0.2, 0.25) is 0 Å². The van der Waals surface area contributed by atoms with E-state index in [1.807, 2.05) is 11.0 Å². The van der Waals surface area contributed by atoms with Crippen molar-refractivity contribution in [2.24, 2.45) is 11.8 Å². The van der Waals surface area contributed by atoms with Gasteiger partial charge in [-0.05, 0) is 31.0 Å². The van der Waals surface area contributed by atoms with Crippen LogP contribution in [0.15, 0.2) is 36.7 Å². The summed E-state index contributed by atoms with van der Waals surface area (Å²) in [5.41, 5.74) is 1.68. The summed E-state index contributed by atoms with van der Waals surface area (Å²) in [6.07, 6.45) is -3.44. The fourth-order valence-electron chi connectivity index (χ4n) is 4.51. The van der Waals surface area contributed by atoms with E-state index in [9.17, 15) is 13.2 Å². The van der Waals surface area contributed by atoms with Gasteiger partial charge in [-0.1, -0.05) is 24.3 Å². The van der Waals surface area contributed by atoms with E-state index in [1.54, 1.807) is 0 Å². The molecule has 4 nitrogen and oxygen atoms in total. The van der Waals surface area contributed by atoms with Gasteiger partial charge >= 0.3 is 6.18 Å². The third-order valence-corrected chi connectivity index (χ3v) is 5.67. The zero-order valence-corrected chi connectivity index (χ0v) is 14.7. The largest absolute Gasteiger partial charge is 0.433 e. The number of benzene rings is 1. The summed E-state index contributed by atoms with van der Waals surface area (Å²) in [5.74, 6) is 1.17. The lowest BCUT2D eigenvalue weighted by Gasteiger charge is -2.28. The lowest BCUT2D eigenvalue weighted by molar-refractivity contribution is -0.141. The van der Waals surface area contributed by atoms with Crippen LogP contribution in [-0.4, -0.2) is 41.5 Å². The van der Waals surface area contributed by atoms with Crippen LogP contribution in [0.1, 0.15) is 22.9 Å². The van der Waals surface area contributed by atoms with Crippen LogP contribution < -0.4 is 4.90 Å². The number of alkyl halides is 3. The van der Waals surface area contributed by atoms with Crippen LogP contribution in [0.3, 0.4) is 0 Å². The minimum Gasteiger partial charge on any atom is -0.356 e. The molecule has 0 radical (unpaired) electrons. The summed E-state index contributed by atoms with van der Waals surface area (Å²) in [4.78, 5) is 11.8. The zero-order valence-electron chi connectivity index (χ0n) is 14.7. The van der Waals surface area contributed by atoms with Crippen LogP contribution in [0.2, 0.25) is 0 Å². The highest BCUT2D eigenvalue weighted by Gasteiger charge is 2.47. The summed E-state index contributed by atoms with van der Waals surface area (Å²) >= 11 is 0. The van der Waals surface area contributed by atoms with Crippen molar-refractivity contribution < 1.29 is 13.2 Å². The van der Waals surface area contributed by atoms with Gasteiger partial charge in [-0.25, -0.2) is 9.97 Å². The first-order valence-corrected chi connectivity index (χ1v) is 8.74. The monoisotopic (exact) mass is 362 g/mol. The van der Waals surface area contributed by atoms with Crippen LogP contribution in [0.25, 0.3) is 0 Å². The van der Waals surface area contributed by atoms with Crippen LogP contribution in [0, 0.1) is 18.8 Å². The Morgan fingerprint density at radius 3 is 2.58 bits per heavy atom. The Hall–Kier alpha value is -2.15. The molecule has 0 aliphatic carbocycles. The number of likely N-dealkylation sites (tertiary alicyclic amines) is 1. The van der Waals surface area contributed by atoms with E-state index in [1.165, 1.54) is 11.1 Å². The van der Waals surface area contributed by atoms with Crippen molar-refractivity contribution in [1.29, 1.82) is 0 Å². The first-order chi connectivity index (χ1) is 12.3. The molecule has 26 heavy (non-hydrogen) atoms. The molecule has 3 heterocycles. The molecule has 138 valence electrons. The summed E-state index contributed by atoms with van der Waals surface area (Å²) in [5, 5.41) is 0. The highest BCUT2D eigenvalue weighted by Crippen LogP contribution is 2.45. The van der Waals surface area contributed by atoms with Crippen molar-refractivity contribution in [3.8, 4) is 0 Å². The molecule has 0 unspecified atom stereocenters. The molecule has 3 atom stereocenters. The van der Waals surface area contributed by atoms with Gasteiger partial charge in [0.1, 0.15) is 17.8 Å². The molecule has 7 heteroatoms. The molecule has 1 aromatic heterocycles. The highest BCUT2D eigenvalue weighted by atomic mass is 19.4. The quantitative estimate of drug-likeness (QED) is 0.818. The molecule has 2 fully saturated rings. The number of aryl methyl sites for hydroxylation is 1. The second-order valence-electron chi connectivity index (χ2n) is 7.33. The number of anilines is 1. The van der Waals surface area contributed by atoms with E-state index in [4.69, 9.17) is 0 Å². The van der Waals surface area contributed by atoms with Crippen molar-refractivity contribution >= 4 is 5.82 Å². The van der Waals surface area contributed by atoms with Gasteiger partial charge in [0.05, 0.1) is 0 Å². The lowest BCUT2D eigenvalue weighted by Crippen LogP contribution is -2.30.